The van der Waals surface area contributed by atoms with Crippen molar-refractivity contribution < 1.29 is 28.7 Å². The second kappa shape index (κ2) is 7.46. The van der Waals surface area contributed by atoms with Crippen molar-refractivity contribution in [1.29, 1.82) is 0 Å². The van der Waals surface area contributed by atoms with Crippen LogP contribution in [-0.4, -0.2) is 49.1 Å². The number of cyclic esters (lactones) is 2. The van der Waals surface area contributed by atoms with Gasteiger partial charge < -0.3 is 20.1 Å². The lowest BCUT2D eigenvalue weighted by molar-refractivity contribution is -0.151. The van der Waals surface area contributed by atoms with Crippen molar-refractivity contribution in [3.05, 3.63) is 0 Å². The summed E-state index contributed by atoms with van der Waals surface area (Å²) in [6.07, 6.45) is -0.131. The Morgan fingerprint density at radius 2 is 1.15 bits per heavy atom. The summed E-state index contributed by atoms with van der Waals surface area (Å²) in [4.78, 5) is 45.9. The monoisotopic (exact) mass is 286 g/mol. The second-order valence-electron chi connectivity index (χ2n) is 4.41. The molecule has 0 radical (unpaired) electrons. The minimum atomic E-state index is -0.817. The van der Waals surface area contributed by atoms with Crippen LogP contribution < -0.4 is 10.6 Å². The highest BCUT2D eigenvalue weighted by Crippen LogP contribution is 1.97. The molecule has 0 saturated carbocycles. The quantitative estimate of drug-likeness (QED) is 0.545. The molecule has 1 fully saturated rings. The summed E-state index contributed by atoms with van der Waals surface area (Å²) in [7, 11) is 0. The Bertz CT molecular complexity index is 371. The van der Waals surface area contributed by atoms with E-state index in [4.69, 9.17) is 9.47 Å². The number of rotatable bonds is 0. The molecule has 112 valence electrons. The summed E-state index contributed by atoms with van der Waals surface area (Å²) in [6.45, 7) is 2.71. The van der Waals surface area contributed by atoms with Crippen LogP contribution in [0.1, 0.15) is 26.7 Å². The fraction of sp³-hybridized carbons (Fsp3) is 0.667. The standard InChI is InChI=1S/C12H18N2O6/c1-7-11(17)19-5-4-10(16)14-8(2)12(18)20-6-3-9(15)13-7/h7-8H,3-6H2,1-2H3,(H,13,15)(H,14,16). The number of hydrogen-bond donors (Lipinski definition) is 2. The molecule has 0 aliphatic carbocycles. The molecule has 8 heteroatoms. The van der Waals surface area contributed by atoms with Gasteiger partial charge in [-0.05, 0) is 13.8 Å². The van der Waals surface area contributed by atoms with Crippen LogP contribution in [0.4, 0.5) is 0 Å². The van der Waals surface area contributed by atoms with Crippen molar-refractivity contribution in [1.82, 2.24) is 10.6 Å². The predicted molar refractivity (Wildman–Crippen MR) is 66.4 cm³/mol. The van der Waals surface area contributed by atoms with Crippen molar-refractivity contribution >= 4 is 23.8 Å². The van der Waals surface area contributed by atoms with Crippen molar-refractivity contribution in [2.45, 2.75) is 38.8 Å². The molecule has 2 unspecified atom stereocenters. The molecule has 1 saturated heterocycles. The Balaban J connectivity index is 2.64. The van der Waals surface area contributed by atoms with Gasteiger partial charge in [0.25, 0.3) is 0 Å². The van der Waals surface area contributed by atoms with E-state index in [0.717, 1.165) is 0 Å². The van der Waals surface area contributed by atoms with E-state index in [1.165, 1.54) is 13.8 Å². The number of carbonyl (C=O) groups is 4. The van der Waals surface area contributed by atoms with Crippen LogP contribution in [-0.2, 0) is 28.7 Å². The van der Waals surface area contributed by atoms with Gasteiger partial charge in [0.05, 0.1) is 12.8 Å². The van der Waals surface area contributed by atoms with Gasteiger partial charge >= 0.3 is 11.9 Å². The molecule has 1 heterocycles. The van der Waals surface area contributed by atoms with E-state index in [9.17, 15) is 19.2 Å². The van der Waals surface area contributed by atoms with E-state index in [0.29, 0.717) is 0 Å². The lowest BCUT2D eigenvalue weighted by Gasteiger charge is -2.16. The molecule has 2 amide bonds. The smallest absolute Gasteiger partial charge is 0.328 e. The van der Waals surface area contributed by atoms with E-state index in [1.54, 1.807) is 0 Å². The summed E-state index contributed by atoms with van der Waals surface area (Å²) in [5.41, 5.74) is 0. The van der Waals surface area contributed by atoms with Crippen LogP contribution in [0.15, 0.2) is 0 Å². The molecule has 0 bridgehead atoms. The first-order valence-electron chi connectivity index (χ1n) is 6.32. The predicted octanol–water partition coefficient (Wildman–Crippen LogP) is -1.12. The van der Waals surface area contributed by atoms with Gasteiger partial charge in [0.15, 0.2) is 0 Å². The Morgan fingerprint density at radius 1 is 0.800 bits per heavy atom. The average Bonchev–Trinajstić information content (AvgIpc) is 2.37. The molecule has 2 atom stereocenters. The molecule has 20 heavy (non-hydrogen) atoms. The van der Waals surface area contributed by atoms with Crippen molar-refractivity contribution in [3.63, 3.8) is 0 Å². The van der Waals surface area contributed by atoms with Gasteiger partial charge in [0.1, 0.15) is 25.3 Å². The third-order valence-corrected chi connectivity index (χ3v) is 2.61. The highest BCUT2D eigenvalue weighted by atomic mass is 16.5. The Morgan fingerprint density at radius 3 is 1.50 bits per heavy atom. The Labute approximate surface area is 116 Å². The van der Waals surface area contributed by atoms with Crippen LogP contribution in [0.2, 0.25) is 0 Å². The molecular weight excluding hydrogens is 268 g/mol. The van der Waals surface area contributed by atoms with Gasteiger partial charge in [0.2, 0.25) is 11.8 Å². The summed E-state index contributed by atoms with van der Waals surface area (Å²) in [5.74, 6) is -2.08. The molecule has 1 rings (SSSR count). The highest BCUT2D eigenvalue weighted by molar-refractivity contribution is 5.86. The first-order valence-corrected chi connectivity index (χ1v) is 6.32. The zero-order valence-electron chi connectivity index (χ0n) is 11.4. The number of esters is 2. The summed E-state index contributed by atoms with van der Waals surface area (Å²) in [5, 5.41) is 4.83. The molecule has 0 aromatic rings. The topological polar surface area (TPSA) is 111 Å². The van der Waals surface area contributed by atoms with Gasteiger partial charge in [-0.25, -0.2) is 9.59 Å². The van der Waals surface area contributed by atoms with Crippen molar-refractivity contribution in [2.75, 3.05) is 13.2 Å². The van der Waals surface area contributed by atoms with Gasteiger partial charge in [-0.2, -0.15) is 0 Å². The summed E-state index contributed by atoms with van der Waals surface area (Å²) >= 11 is 0. The maximum absolute atomic E-state index is 11.5. The van der Waals surface area contributed by atoms with Gasteiger partial charge in [-0.1, -0.05) is 0 Å². The fourth-order valence-corrected chi connectivity index (χ4v) is 1.48. The molecule has 2 N–H and O–H groups in total. The fourth-order valence-electron chi connectivity index (χ4n) is 1.48. The van der Waals surface area contributed by atoms with Crippen molar-refractivity contribution in [2.24, 2.45) is 0 Å². The van der Waals surface area contributed by atoms with Gasteiger partial charge in [-0.3, -0.25) is 9.59 Å². The largest absolute Gasteiger partial charge is 0.464 e. The Kier molecular flexibility index (Phi) is 5.95. The minimum Gasteiger partial charge on any atom is -0.464 e. The highest BCUT2D eigenvalue weighted by Gasteiger charge is 2.21. The molecule has 1 aliphatic rings. The van der Waals surface area contributed by atoms with E-state index in [2.05, 4.69) is 10.6 Å². The first kappa shape index (κ1) is 15.9. The van der Waals surface area contributed by atoms with Crippen LogP contribution in [0.25, 0.3) is 0 Å². The number of carbonyl (C=O) groups excluding carboxylic acids is 4. The van der Waals surface area contributed by atoms with Crippen LogP contribution in [0, 0.1) is 0 Å². The first-order chi connectivity index (χ1) is 9.40. The molecule has 8 nitrogen and oxygen atoms in total. The third-order valence-electron chi connectivity index (χ3n) is 2.61. The maximum Gasteiger partial charge on any atom is 0.328 e. The molecular formula is C12H18N2O6. The van der Waals surface area contributed by atoms with Crippen LogP contribution >= 0.6 is 0 Å². The van der Waals surface area contributed by atoms with E-state index in [-0.39, 0.29) is 26.1 Å². The zero-order chi connectivity index (χ0) is 15.1. The Hall–Kier alpha value is -2.12. The van der Waals surface area contributed by atoms with E-state index in [1.807, 2.05) is 0 Å². The molecule has 0 spiro atoms. The normalized spacial score (nSPS) is 26.7. The van der Waals surface area contributed by atoms with Crippen LogP contribution in [0.5, 0.6) is 0 Å². The minimum absolute atomic E-state index is 0.0654. The summed E-state index contributed by atoms with van der Waals surface area (Å²) in [6, 6.07) is -1.63. The van der Waals surface area contributed by atoms with E-state index < -0.39 is 35.8 Å². The zero-order valence-corrected chi connectivity index (χ0v) is 11.4. The lowest BCUT2D eigenvalue weighted by Crippen LogP contribution is -2.43. The number of nitrogens with one attached hydrogen (secondary N) is 2. The van der Waals surface area contributed by atoms with E-state index >= 15 is 0 Å². The maximum atomic E-state index is 11.5. The number of amides is 2. The van der Waals surface area contributed by atoms with Gasteiger partial charge in [-0.15, -0.1) is 0 Å². The number of hydrogen-bond acceptors (Lipinski definition) is 6. The number of ether oxygens (including phenoxy) is 2. The van der Waals surface area contributed by atoms with Gasteiger partial charge in [0, 0.05) is 0 Å². The van der Waals surface area contributed by atoms with Crippen molar-refractivity contribution in [3.8, 4) is 0 Å². The second-order valence-corrected chi connectivity index (χ2v) is 4.41. The summed E-state index contributed by atoms with van der Waals surface area (Å²) < 4.78 is 9.70. The SMILES string of the molecule is CC1NC(=O)CCOC(=O)C(C)NC(=O)CCOC1=O. The van der Waals surface area contributed by atoms with Crippen LogP contribution in [0.3, 0.4) is 0 Å². The third kappa shape index (κ3) is 5.25. The molecule has 0 aromatic heterocycles. The average molecular weight is 286 g/mol. The molecule has 0 aromatic carbocycles. The molecule has 1 aliphatic heterocycles. The lowest BCUT2D eigenvalue weighted by atomic mass is 10.3.